The highest BCUT2D eigenvalue weighted by atomic mass is 16.5. The normalized spacial score (nSPS) is 16.0. The van der Waals surface area contributed by atoms with Crippen molar-refractivity contribution in [3.8, 4) is 17.3 Å². The molecule has 1 unspecified atom stereocenters. The van der Waals surface area contributed by atoms with Gasteiger partial charge in [0.2, 0.25) is 5.88 Å². The first-order valence-electron chi connectivity index (χ1n) is 9.13. The molecular formula is C22H19N3O5. The fraction of sp³-hybridized carbons (Fsp3) is 0.182. The molecule has 0 saturated heterocycles. The molecule has 0 amide bonds. The number of nitrogens with zero attached hydrogens (tertiary/aromatic N) is 2. The van der Waals surface area contributed by atoms with E-state index in [-0.39, 0.29) is 35.1 Å². The predicted octanol–water partition coefficient (Wildman–Crippen LogP) is 3.09. The molecule has 8 nitrogen and oxygen atoms in total. The van der Waals surface area contributed by atoms with Crippen LogP contribution in [0.3, 0.4) is 0 Å². The first-order chi connectivity index (χ1) is 14.4. The number of carboxylic acids is 1. The minimum Gasteiger partial charge on any atom is -0.477 e. The van der Waals surface area contributed by atoms with E-state index >= 15 is 0 Å². The number of aromatic carboxylic acids is 1. The molecule has 3 N–H and O–H groups in total. The number of esters is 1. The van der Waals surface area contributed by atoms with Gasteiger partial charge in [-0.15, -0.1) is 0 Å². The van der Waals surface area contributed by atoms with Crippen LogP contribution in [0.5, 0.6) is 0 Å². The Hall–Kier alpha value is -4.12. The van der Waals surface area contributed by atoms with Gasteiger partial charge in [0.1, 0.15) is 23.1 Å². The Morgan fingerprint density at radius 1 is 1.27 bits per heavy atom. The number of pyridine rings is 1. The molecule has 3 rings (SSSR count). The molecule has 152 valence electrons. The molecule has 1 aromatic heterocycles. The van der Waals surface area contributed by atoms with Crippen LogP contribution >= 0.6 is 0 Å². The van der Waals surface area contributed by atoms with Crippen LogP contribution in [0.2, 0.25) is 0 Å². The summed E-state index contributed by atoms with van der Waals surface area (Å²) in [5.74, 6) is -2.23. The number of aromatic nitrogens is 1. The van der Waals surface area contributed by atoms with Gasteiger partial charge in [-0.1, -0.05) is 30.3 Å². The third-order valence-electron chi connectivity index (χ3n) is 4.61. The van der Waals surface area contributed by atoms with Crippen molar-refractivity contribution >= 4 is 11.9 Å². The summed E-state index contributed by atoms with van der Waals surface area (Å²) in [4.78, 5) is 27.8. The van der Waals surface area contributed by atoms with Gasteiger partial charge >= 0.3 is 11.9 Å². The Bertz CT molecular complexity index is 1110. The SMILES string of the molecule is CCOC(=O)C1=C(C)OC(N)=C(C#N)C1c1ccc(-c2cccc(C(=O)O)n2)cc1. The second kappa shape index (κ2) is 8.49. The van der Waals surface area contributed by atoms with Crippen LogP contribution in [0, 0.1) is 11.3 Å². The second-order valence-corrected chi connectivity index (χ2v) is 6.45. The monoisotopic (exact) mass is 405 g/mol. The summed E-state index contributed by atoms with van der Waals surface area (Å²) < 4.78 is 10.5. The number of hydrogen-bond donors (Lipinski definition) is 2. The highest BCUT2D eigenvalue weighted by molar-refractivity contribution is 5.92. The van der Waals surface area contributed by atoms with Crippen LogP contribution in [-0.4, -0.2) is 28.6 Å². The highest BCUT2D eigenvalue weighted by Crippen LogP contribution is 2.40. The molecule has 0 fully saturated rings. The minimum atomic E-state index is -1.12. The molecule has 0 radical (unpaired) electrons. The zero-order chi connectivity index (χ0) is 21.8. The van der Waals surface area contributed by atoms with Crippen molar-refractivity contribution in [2.24, 2.45) is 5.73 Å². The predicted molar refractivity (Wildman–Crippen MR) is 107 cm³/mol. The van der Waals surface area contributed by atoms with Crippen molar-refractivity contribution < 1.29 is 24.2 Å². The molecule has 1 atom stereocenters. The largest absolute Gasteiger partial charge is 0.477 e. The molecule has 2 heterocycles. The maximum Gasteiger partial charge on any atom is 0.354 e. The zero-order valence-electron chi connectivity index (χ0n) is 16.4. The fourth-order valence-electron chi connectivity index (χ4n) is 3.25. The molecule has 0 spiro atoms. The Morgan fingerprint density at radius 3 is 2.57 bits per heavy atom. The Kier molecular flexibility index (Phi) is 5.83. The van der Waals surface area contributed by atoms with Crippen LogP contribution in [0.25, 0.3) is 11.3 Å². The number of carbonyl (C=O) groups excluding carboxylic acids is 1. The summed E-state index contributed by atoms with van der Waals surface area (Å²) in [6.07, 6.45) is 0. The average Bonchev–Trinajstić information content (AvgIpc) is 2.73. The van der Waals surface area contributed by atoms with Gasteiger partial charge < -0.3 is 20.3 Å². The molecule has 1 aliphatic heterocycles. The molecule has 1 aliphatic rings. The molecule has 0 saturated carbocycles. The van der Waals surface area contributed by atoms with Crippen molar-refractivity contribution in [1.82, 2.24) is 4.98 Å². The van der Waals surface area contributed by atoms with E-state index in [4.69, 9.17) is 20.3 Å². The quantitative estimate of drug-likeness (QED) is 0.724. The first-order valence-corrected chi connectivity index (χ1v) is 9.13. The lowest BCUT2D eigenvalue weighted by Crippen LogP contribution is -2.25. The van der Waals surface area contributed by atoms with E-state index in [9.17, 15) is 14.9 Å². The number of benzene rings is 1. The van der Waals surface area contributed by atoms with Gasteiger partial charge in [0.25, 0.3) is 0 Å². The number of nitrogens with two attached hydrogens (primary N) is 1. The third kappa shape index (κ3) is 3.86. The highest BCUT2D eigenvalue weighted by Gasteiger charge is 2.36. The van der Waals surface area contributed by atoms with Crippen LogP contribution in [-0.2, 0) is 14.3 Å². The van der Waals surface area contributed by atoms with Crippen LogP contribution in [0.1, 0.15) is 35.8 Å². The number of carboxylic acid groups (broad SMARTS) is 1. The standard InChI is InChI=1S/C22H19N3O5/c1-3-29-22(28)18-12(2)30-20(24)15(11-23)19(18)14-9-7-13(8-10-14)16-5-4-6-17(25-16)21(26)27/h4-10,19H,3,24H2,1-2H3,(H,26,27). The van der Waals surface area contributed by atoms with Crippen molar-refractivity contribution in [1.29, 1.82) is 5.26 Å². The summed E-state index contributed by atoms with van der Waals surface area (Å²) in [7, 11) is 0. The smallest absolute Gasteiger partial charge is 0.354 e. The number of hydrogen-bond acceptors (Lipinski definition) is 7. The summed E-state index contributed by atoms with van der Waals surface area (Å²) in [6, 6.07) is 13.7. The van der Waals surface area contributed by atoms with Crippen LogP contribution < -0.4 is 5.73 Å². The Morgan fingerprint density at radius 2 is 1.97 bits per heavy atom. The first kappa shape index (κ1) is 20.6. The van der Waals surface area contributed by atoms with Gasteiger partial charge in [-0.05, 0) is 31.5 Å². The lowest BCUT2D eigenvalue weighted by Gasteiger charge is -2.26. The fourth-order valence-corrected chi connectivity index (χ4v) is 3.25. The lowest BCUT2D eigenvalue weighted by molar-refractivity contribution is -0.139. The maximum absolute atomic E-state index is 12.6. The second-order valence-electron chi connectivity index (χ2n) is 6.45. The topological polar surface area (TPSA) is 136 Å². The van der Waals surface area contributed by atoms with E-state index < -0.39 is 17.9 Å². The van der Waals surface area contributed by atoms with E-state index in [0.717, 1.165) is 0 Å². The summed E-state index contributed by atoms with van der Waals surface area (Å²) in [5.41, 5.74) is 7.96. The molecular weight excluding hydrogens is 386 g/mol. The van der Waals surface area contributed by atoms with E-state index in [0.29, 0.717) is 16.8 Å². The van der Waals surface area contributed by atoms with Gasteiger partial charge in [-0.2, -0.15) is 5.26 Å². The van der Waals surface area contributed by atoms with Crippen LogP contribution in [0.4, 0.5) is 0 Å². The van der Waals surface area contributed by atoms with Gasteiger partial charge in [0.15, 0.2) is 0 Å². The van der Waals surface area contributed by atoms with E-state index in [1.54, 1.807) is 50.2 Å². The number of ether oxygens (including phenoxy) is 2. The number of nitriles is 1. The number of allylic oxidation sites excluding steroid dienone is 2. The third-order valence-corrected chi connectivity index (χ3v) is 4.61. The maximum atomic E-state index is 12.6. The lowest BCUT2D eigenvalue weighted by atomic mass is 9.82. The summed E-state index contributed by atoms with van der Waals surface area (Å²) >= 11 is 0. The van der Waals surface area contributed by atoms with Crippen molar-refractivity contribution in [3.63, 3.8) is 0 Å². The molecule has 2 aromatic rings. The molecule has 1 aromatic carbocycles. The molecule has 0 bridgehead atoms. The van der Waals surface area contributed by atoms with Gasteiger partial charge in [-0.3, -0.25) is 0 Å². The van der Waals surface area contributed by atoms with Gasteiger partial charge in [0, 0.05) is 5.56 Å². The summed E-state index contributed by atoms with van der Waals surface area (Å²) in [5, 5.41) is 18.7. The Labute approximate surface area is 172 Å². The number of carbonyl (C=O) groups is 2. The van der Waals surface area contributed by atoms with Crippen molar-refractivity contribution in [2.45, 2.75) is 19.8 Å². The number of rotatable bonds is 5. The van der Waals surface area contributed by atoms with E-state index in [1.165, 1.54) is 6.07 Å². The minimum absolute atomic E-state index is 0.0621. The van der Waals surface area contributed by atoms with Gasteiger partial charge in [0.05, 0.1) is 23.8 Å². The Balaban J connectivity index is 2.05. The molecule has 8 heteroatoms. The van der Waals surface area contributed by atoms with Crippen molar-refractivity contribution in [3.05, 3.63) is 76.5 Å². The van der Waals surface area contributed by atoms with Crippen LogP contribution in [0.15, 0.2) is 65.3 Å². The zero-order valence-corrected chi connectivity index (χ0v) is 16.4. The summed E-state index contributed by atoms with van der Waals surface area (Å²) in [6.45, 7) is 3.46. The molecule has 30 heavy (non-hydrogen) atoms. The molecule has 0 aliphatic carbocycles. The van der Waals surface area contributed by atoms with E-state index in [1.807, 2.05) is 6.07 Å². The van der Waals surface area contributed by atoms with Crippen molar-refractivity contribution in [2.75, 3.05) is 6.61 Å². The average molecular weight is 405 g/mol. The van der Waals surface area contributed by atoms with Gasteiger partial charge in [-0.25, -0.2) is 14.6 Å². The van der Waals surface area contributed by atoms with E-state index in [2.05, 4.69) is 4.98 Å².